The maximum atomic E-state index is 11.7. The molecule has 0 atom stereocenters. The molecule has 112 valence electrons. The van der Waals surface area contributed by atoms with Gasteiger partial charge in [0.05, 0.1) is 6.61 Å². The van der Waals surface area contributed by atoms with E-state index < -0.39 is 0 Å². The van der Waals surface area contributed by atoms with Crippen molar-refractivity contribution in [1.29, 1.82) is 0 Å². The van der Waals surface area contributed by atoms with E-state index in [1.165, 1.54) is 0 Å². The van der Waals surface area contributed by atoms with Gasteiger partial charge < -0.3 is 9.47 Å². The Morgan fingerprint density at radius 3 is 2.95 bits per heavy atom. The van der Waals surface area contributed by atoms with Crippen LogP contribution >= 0.6 is 0 Å². The number of aromatic amines is 1. The topological polar surface area (TPSA) is 89.1 Å². The van der Waals surface area contributed by atoms with Gasteiger partial charge in [0.2, 0.25) is 5.95 Å². The fraction of sp³-hybridized carbons (Fsp3) is 0.357. The van der Waals surface area contributed by atoms with Crippen LogP contribution < -0.4 is 14.8 Å². The van der Waals surface area contributed by atoms with Gasteiger partial charge in [0.15, 0.2) is 6.61 Å². The van der Waals surface area contributed by atoms with Crippen LogP contribution in [-0.4, -0.2) is 34.3 Å². The van der Waals surface area contributed by atoms with E-state index in [0.29, 0.717) is 12.4 Å². The highest BCUT2D eigenvalue weighted by molar-refractivity contribution is 5.90. The van der Waals surface area contributed by atoms with E-state index in [0.717, 1.165) is 12.0 Å². The van der Waals surface area contributed by atoms with Crippen LogP contribution in [0.3, 0.4) is 0 Å². The normalized spacial score (nSPS) is 10.2. The Balaban J connectivity index is 1.83. The molecule has 0 aliphatic rings. The van der Waals surface area contributed by atoms with Gasteiger partial charge in [0, 0.05) is 0 Å². The van der Waals surface area contributed by atoms with E-state index >= 15 is 0 Å². The molecule has 1 heterocycles. The number of amides is 1. The summed E-state index contributed by atoms with van der Waals surface area (Å²) in [7, 11) is 0. The molecule has 7 nitrogen and oxygen atoms in total. The molecule has 0 aliphatic carbocycles. The molecule has 0 saturated carbocycles. The number of anilines is 1. The zero-order valence-corrected chi connectivity index (χ0v) is 12.0. The first-order valence-corrected chi connectivity index (χ1v) is 6.78. The molecule has 1 aromatic carbocycles. The average molecular weight is 290 g/mol. The van der Waals surface area contributed by atoms with Crippen LogP contribution in [-0.2, 0) is 11.2 Å². The summed E-state index contributed by atoms with van der Waals surface area (Å²) in [6.07, 6.45) is 0.918. The third kappa shape index (κ3) is 4.48. The lowest BCUT2D eigenvalue weighted by atomic mass is 10.2. The molecule has 0 bridgehead atoms. The summed E-state index contributed by atoms with van der Waals surface area (Å²) in [5.41, 5.74) is 1.16. The number of benzene rings is 1. The molecule has 2 rings (SSSR count). The number of hydrogen-bond donors (Lipinski definition) is 2. The molecule has 0 radical (unpaired) electrons. The summed E-state index contributed by atoms with van der Waals surface area (Å²) in [5, 5.41) is 8.90. The van der Waals surface area contributed by atoms with Crippen molar-refractivity contribution < 1.29 is 14.3 Å². The number of ether oxygens (including phenoxy) is 2. The highest BCUT2D eigenvalue weighted by Crippen LogP contribution is 2.13. The smallest absolute Gasteiger partial charge is 0.337 e. The number of nitrogens with one attached hydrogen (secondary N) is 2. The van der Waals surface area contributed by atoms with Crippen molar-refractivity contribution in [3.63, 3.8) is 0 Å². The predicted octanol–water partition coefficient (Wildman–Crippen LogP) is 1.78. The van der Waals surface area contributed by atoms with Crippen molar-refractivity contribution in [1.82, 2.24) is 15.2 Å². The second kappa shape index (κ2) is 7.28. The van der Waals surface area contributed by atoms with Crippen molar-refractivity contribution in [2.24, 2.45) is 0 Å². The maximum absolute atomic E-state index is 11.7. The summed E-state index contributed by atoms with van der Waals surface area (Å²) in [4.78, 5) is 15.7. The van der Waals surface area contributed by atoms with Gasteiger partial charge in [-0.2, -0.15) is 4.98 Å². The van der Waals surface area contributed by atoms with E-state index in [2.05, 4.69) is 27.4 Å². The minimum absolute atomic E-state index is 0.0994. The molecule has 0 fully saturated rings. The SMILES string of the molecule is CCOc1n[nH]c(NC(=O)COc2cccc(CC)c2)n1. The van der Waals surface area contributed by atoms with E-state index in [9.17, 15) is 4.79 Å². The van der Waals surface area contributed by atoms with Crippen molar-refractivity contribution in [3.8, 4) is 11.8 Å². The van der Waals surface area contributed by atoms with E-state index in [-0.39, 0.29) is 24.5 Å². The first-order valence-electron chi connectivity index (χ1n) is 6.78. The van der Waals surface area contributed by atoms with E-state index in [4.69, 9.17) is 9.47 Å². The standard InChI is InChI=1S/C14H18N4O3/c1-3-10-6-5-7-11(8-10)21-9-12(19)15-13-16-14(18-17-13)20-4-2/h5-8H,3-4,9H2,1-2H3,(H2,15,16,17,18,19). The molecular weight excluding hydrogens is 272 g/mol. The van der Waals surface area contributed by atoms with Gasteiger partial charge in [-0.1, -0.05) is 19.1 Å². The number of nitrogens with zero attached hydrogens (tertiary/aromatic N) is 2. The van der Waals surface area contributed by atoms with Crippen LogP contribution in [0.25, 0.3) is 0 Å². The maximum Gasteiger partial charge on any atom is 0.337 e. The molecule has 2 aromatic rings. The lowest BCUT2D eigenvalue weighted by Gasteiger charge is -2.06. The number of carbonyl (C=O) groups is 1. The largest absolute Gasteiger partial charge is 0.484 e. The van der Waals surface area contributed by atoms with E-state index in [1.54, 1.807) is 0 Å². The Bertz CT molecular complexity index is 597. The summed E-state index contributed by atoms with van der Waals surface area (Å²) in [5.74, 6) is 0.572. The summed E-state index contributed by atoms with van der Waals surface area (Å²) in [6, 6.07) is 7.83. The highest BCUT2D eigenvalue weighted by atomic mass is 16.5. The van der Waals surface area contributed by atoms with Crippen molar-refractivity contribution in [2.75, 3.05) is 18.5 Å². The van der Waals surface area contributed by atoms with Crippen LogP contribution in [0.1, 0.15) is 19.4 Å². The number of carbonyl (C=O) groups excluding carboxylic acids is 1. The third-order valence-corrected chi connectivity index (χ3v) is 2.67. The summed E-state index contributed by atoms with van der Waals surface area (Å²) >= 11 is 0. The number of H-pyrrole nitrogens is 1. The predicted molar refractivity (Wildman–Crippen MR) is 77.5 cm³/mol. The Hall–Kier alpha value is -2.57. The quantitative estimate of drug-likeness (QED) is 0.811. The van der Waals surface area contributed by atoms with Crippen LogP contribution in [0.5, 0.6) is 11.8 Å². The molecule has 2 N–H and O–H groups in total. The summed E-state index contributed by atoms with van der Waals surface area (Å²) < 4.78 is 10.5. The number of aromatic nitrogens is 3. The van der Waals surface area contributed by atoms with Gasteiger partial charge in [-0.15, -0.1) is 5.10 Å². The van der Waals surface area contributed by atoms with Gasteiger partial charge in [-0.25, -0.2) is 5.10 Å². The van der Waals surface area contributed by atoms with Crippen molar-refractivity contribution >= 4 is 11.9 Å². The van der Waals surface area contributed by atoms with Crippen LogP contribution in [0.4, 0.5) is 5.95 Å². The first kappa shape index (κ1) is 14.8. The molecule has 0 saturated heterocycles. The lowest BCUT2D eigenvalue weighted by Crippen LogP contribution is -2.20. The fourth-order valence-electron chi connectivity index (χ4n) is 1.67. The van der Waals surface area contributed by atoms with Gasteiger partial charge in [0.1, 0.15) is 5.75 Å². The van der Waals surface area contributed by atoms with Gasteiger partial charge in [-0.3, -0.25) is 10.1 Å². The second-order valence-electron chi connectivity index (χ2n) is 4.24. The third-order valence-electron chi connectivity index (χ3n) is 2.67. The van der Waals surface area contributed by atoms with E-state index in [1.807, 2.05) is 31.2 Å². The molecule has 0 unspecified atom stereocenters. The number of rotatable bonds is 7. The Kier molecular flexibility index (Phi) is 5.14. The average Bonchev–Trinajstić information content (AvgIpc) is 2.93. The lowest BCUT2D eigenvalue weighted by molar-refractivity contribution is -0.118. The number of aryl methyl sites for hydroxylation is 1. The monoisotopic (exact) mass is 290 g/mol. The molecule has 21 heavy (non-hydrogen) atoms. The van der Waals surface area contributed by atoms with Crippen LogP contribution in [0.2, 0.25) is 0 Å². The van der Waals surface area contributed by atoms with Crippen LogP contribution in [0, 0.1) is 0 Å². The van der Waals surface area contributed by atoms with Gasteiger partial charge in [-0.05, 0) is 31.0 Å². The zero-order valence-electron chi connectivity index (χ0n) is 12.0. The zero-order chi connectivity index (χ0) is 15.1. The fourth-order valence-corrected chi connectivity index (χ4v) is 1.67. The Labute approximate surface area is 122 Å². The van der Waals surface area contributed by atoms with Gasteiger partial charge in [0.25, 0.3) is 5.91 Å². The minimum atomic E-state index is -0.323. The second-order valence-corrected chi connectivity index (χ2v) is 4.24. The minimum Gasteiger partial charge on any atom is -0.484 e. The number of hydrogen-bond acceptors (Lipinski definition) is 5. The molecular formula is C14H18N4O3. The molecule has 0 aliphatic heterocycles. The molecule has 7 heteroatoms. The molecule has 1 amide bonds. The van der Waals surface area contributed by atoms with Crippen molar-refractivity contribution in [2.45, 2.75) is 20.3 Å². The first-order chi connectivity index (χ1) is 10.2. The highest BCUT2D eigenvalue weighted by Gasteiger charge is 2.08. The Morgan fingerprint density at radius 1 is 1.33 bits per heavy atom. The summed E-state index contributed by atoms with van der Waals surface area (Å²) in [6.45, 7) is 4.25. The Morgan fingerprint density at radius 2 is 2.19 bits per heavy atom. The molecule has 0 spiro atoms. The van der Waals surface area contributed by atoms with Crippen molar-refractivity contribution in [3.05, 3.63) is 29.8 Å². The van der Waals surface area contributed by atoms with Gasteiger partial charge >= 0.3 is 6.01 Å². The molecule has 1 aromatic heterocycles. The van der Waals surface area contributed by atoms with Crippen LogP contribution in [0.15, 0.2) is 24.3 Å².